The lowest BCUT2D eigenvalue weighted by Gasteiger charge is -2.28. The first-order chi connectivity index (χ1) is 19.4. The third-order valence-corrected chi connectivity index (χ3v) is 7.39. The zero-order chi connectivity index (χ0) is 29.7. The Hall–Kier alpha value is -1.59. The minimum Gasteiger partial charge on any atom is -0.461 e. The van der Waals surface area contributed by atoms with E-state index in [1.165, 1.54) is 77.0 Å². The summed E-state index contributed by atoms with van der Waals surface area (Å²) in [4.78, 5) is 37.3. The van der Waals surface area contributed by atoms with Gasteiger partial charge in [0.15, 0.2) is 5.60 Å². The van der Waals surface area contributed by atoms with Crippen molar-refractivity contribution in [1.29, 1.82) is 0 Å². The molecule has 0 spiro atoms. The summed E-state index contributed by atoms with van der Waals surface area (Å²) in [5.74, 6) is -0.920. The molecule has 0 fully saturated rings. The van der Waals surface area contributed by atoms with Crippen molar-refractivity contribution in [2.75, 3.05) is 13.2 Å². The molecule has 0 aromatic carbocycles. The number of ether oxygens (including phenoxy) is 3. The van der Waals surface area contributed by atoms with Gasteiger partial charge in [-0.15, -0.1) is 0 Å². The predicted octanol–water partition coefficient (Wildman–Crippen LogP) is 9.80. The zero-order valence-electron chi connectivity index (χ0n) is 26.8. The Morgan fingerprint density at radius 2 is 0.700 bits per heavy atom. The molecule has 6 heteroatoms. The quantitative estimate of drug-likeness (QED) is 0.0507. The summed E-state index contributed by atoms with van der Waals surface area (Å²) in [5, 5.41) is 0. The fourth-order valence-corrected chi connectivity index (χ4v) is 4.72. The van der Waals surface area contributed by atoms with Crippen LogP contribution in [0.15, 0.2) is 0 Å². The predicted molar refractivity (Wildman–Crippen MR) is 164 cm³/mol. The van der Waals surface area contributed by atoms with Crippen molar-refractivity contribution in [3.63, 3.8) is 0 Å². The molecule has 0 radical (unpaired) electrons. The van der Waals surface area contributed by atoms with E-state index in [0.717, 1.165) is 57.8 Å². The van der Waals surface area contributed by atoms with Gasteiger partial charge in [0.05, 0.1) is 0 Å². The van der Waals surface area contributed by atoms with E-state index < -0.39 is 5.60 Å². The third-order valence-electron chi connectivity index (χ3n) is 7.39. The molecule has 0 rings (SSSR count). The Morgan fingerprint density at radius 1 is 0.425 bits per heavy atom. The van der Waals surface area contributed by atoms with Crippen LogP contribution in [0.5, 0.6) is 0 Å². The molecule has 0 atom stereocenters. The lowest BCUT2D eigenvalue weighted by Crippen LogP contribution is -2.42. The molecular formula is C34H64O6. The number of esters is 3. The van der Waals surface area contributed by atoms with Crippen LogP contribution in [0.1, 0.15) is 182 Å². The summed E-state index contributed by atoms with van der Waals surface area (Å²) in [6, 6.07) is 0. The number of hydrogen-bond donors (Lipinski definition) is 0. The third kappa shape index (κ3) is 25.4. The molecule has 0 bridgehead atoms. The molecule has 236 valence electrons. The van der Waals surface area contributed by atoms with Crippen molar-refractivity contribution in [2.24, 2.45) is 0 Å². The van der Waals surface area contributed by atoms with Crippen molar-refractivity contribution in [2.45, 2.75) is 187 Å². The summed E-state index contributed by atoms with van der Waals surface area (Å²) in [6.07, 6.45) is 24.6. The fourth-order valence-electron chi connectivity index (χ4n) is 4.72. The summed E-state index contributed by atoms with van der Waals surface area (Å²) in [6.45, 7) is 8.10. The molecule has 0 aromatic heterocycles. The molecule has 0 aromatic rings. The Morgan fingerprint density at radius 3 is 1.02 bits per heavy atom. The Kier molecular flexibility index (Phi) is 26.5. The molecule has 0 N–H and O–H groups in total. The van der Waals surface area contributed by atoms with E-state index in [1.807, 2.05) is 0 Å². The zero-order valence-corrected chi connectivity index (χ0v) is 26.8. The average Bonchev–Trinajstić information content (AvgIpc) is 2.93. The van der Waals surface area contributed by atoms with Gasteiger partial charge in [0.25, 0.3) is 0 Å². The molecule has 40 heavy (non-hydrogen) atoms. The number of rotatable bonds is 29. The highest BCUT2D eigenvalue weighted by atomic mass is 16.6. The van der Waals surface area contributed by atoms with E-state index in [0.29, 0.717) is 19.3 Å². The van der Waals surface area contributed by atoms with Crippen LogP contribution in [-0.2, 0) is 28.6 Å². The molecule has 0 saturated heterocycles. The second-order valence-corrected chi connectivity index (χ2v) is 11.9. The number of carbonyl (C=O) groups excluding carboxylic acids is 3. The second kappa shape index (κ2) is 27.6. The summed E-state index contributed by atoms with van der Waals surface area (Å²) in [5.41, 5.74) is -1.18. The van der Waals surface area contributed by atoms with Gasteiger partial charge in [0, 0.05) is 19.3 Å². The van der Waals surface area contributed by atoms with Gasteiger partial charge in [-0.25, -0.2) is 0 Å². The molecule has 0 heterocycles. The SMILES string of the molecule is CCCCCCCCCC(=O)OCC(C)(COC(=O)CCCCCCCCC)OC(=O)CCCCCCCCC. The highest BCUT2D eigenvalue weighted by Crippen LogP contribution is 2.18. The Labute approximate surface area is 247 Å². The number of unbranched alkanes of at least 4 members (excludes halogenated alkanes) is 18. The standard InChI is InChI=1S/C34H64O6/c1-5-8-11-14-17-20-23-26-31(35)38-29-34(4,40-33(37)28-25-22-19-16-13-10-7-3)30-39-32(36)27-24-21-18-15-12-9-6-2/h5-30H2,1-4H3. The molecule has 0 aliphatic heterocycles. The van der Waals surface area contributed by atoms with Crippen molar-refractivity contribution >= 4 is 17.9 Å². The highest BCUT2D eigenvalue weighted by Gasteiger charge is 2.33. The minimum absolute atomic E-state index is 0.101. The van der Waals surface area contributed by atoms with E-state index in [2.05, 4.69) is 20.8 Å². The topological polar surface area (TPSA) is 78.9 Å². The average molecular weight is 569 g/mol. The van der Waals surface area contributed by atoms with E-state index in [4.69, 9.17) is 14.2 Å². The normalized spacial score (nSPS) is 11.4. The van der Waals surface area contributed by atoms with Crippen LogP contribution in [0.25, 0.3) is 0 Å². The van der Waals surface area contributed by atoms with Gasteiger partial charge in [-0.1, -0.05) is 136 Å². The van der Waals surface area contributed by atoms with Crippen LogP contribution in [0, 0.1) is 0 Å². The maximum atomic E-state index is 12.6. The van der Waals surface area contributed by atoms with E-state index in [1.54, 1.807) is 6.92 Å². The monoisotopic (exact) mass is 568 g/mol. The van der Waals surface area contributed by atoms with E-state index >= 15 is 0 Å². The first-order valence-electron chi connectivity index (χ1n) is 16.9. The van der Waals surface area contributed by atoms with Gasteiger partial charge in [-0.05, 0) is 26.2 Å². The van der Waals surface area contributed by atoms with Gasteiger partial charge in [0.1, 0.15) is 13.2 Å². The van der Waals surface area contributed by atoms with E-state index in [-0.39, 0.29) is 31.1 Å². The van der Waals surface area contributed by atoms with Gasteiger partial charge in [-0.3, -0.25) is 14.4 Å². The summed E-state index contributed by atoms with van der Waals surface area (Å²) in [7, 11) is 0. The van der Waals surface area contributed by atoms with Crippen LogP contribution < -0.4 is 0 Å². The van der Waals surface area contributed by atoms with Crippen LogP contribution in [0.3, 0.4) is 0 Å². The Balaban J connectivity index is 4.56. The van der Waals surface area contributed by atoms with E-state index in [9.17, 15) is 14.4 Å². The minimum atomic E-state index is -1.18. The second-order valence-electron chi connectivity index (χ2n) is 11.9. The maximum Gasteiger partial charge on any atom is 0.306 e. The highest BCUT2D eigenvalue weighted by molar-refractivity contribution is 5.71. The van der Waals surface area contributed by atoms with Crippen LogP contribution in [-0.4, -0.2) is 36.7 Å². The van der Waals surface area contributed by atoms with Gasteiger partial charge in [0.2, 0.25) is 0 Å². The van der Waals surface area contributed by atoms with Crippen molar-refractivity contribution in [1.82, 2.24) is 0 Å². The van der Waals surface area contributed by atoms with Crippen molar-refractivity contribution < 1.29 is 28.6 Å². The first kappa shape index (κ1) is 38.4. The maximum absolute atomic E-state index is 12.6. The van der Waals surface area contributed by atoms with Gasteiger partial charge < -0.3 is 14.2 Å². The molecule has 0 saturated carbocycles. The number of carbonyl (C=O) groups is 3. The lowest BCUT2D eigenvalue weighted by atomic mass is 10.1. The number of hydrogen-bond acceptors (Lipinski definition) is 6. The van der Waals surface area contributed by atoms with Gasteiger partial charge in [-0.2, -0.15) is 0 Å². The molecule has 0 aliphatic rings. The van der Waals surface area contributed by atoms with Crippen LogP contribution in [0.2, 0.25) is 0 Å². The summed E-state index contributed by atoms with van der Waals surface area (Å²) < 4.78 is 16.8. The van der Waals surface area contributed by atoms with Crippen molar-refractivity contribution in [3.8, 4) is 0 Å². The van der Waals surface area contributed by atoms with Gasteiger partial charge >= 0.3 is 17.9 Å². The fraction of sp³-hybridized carbons (Fsp3) is 0.912. The molecule has 6 nitrogen and oxygen atoms in total. The first-order valence-corrected chi connectivity index (χ1v) is 16.9. The molecule has 0 amide bonds. The smallest absolute Gasteiger partial charge is 0.306 e. The largest absolute Gasteiger partial charge is 0.461 e. The summed E-state index contributed by atoms with van der Waals surface area (Å²) >= 11 is 0. The lowest BCUT2D eigenvalue weighted by molar-refractivity contribution is -0.182. The molecule has 0 aliphatic carbocycles. The Bertz CT molecular complexity index is 584. The molecule has 0 unspecified atom stereocenters. The van der Waals surface area contributed by atoms with Crippen LogP contribution >= 0.6 is 0 Å². The molecular weight excluding hydrogens is 504 g/mol. The van der Waals surface area contributed by atoms with Crippen LogP contribution in [0.4, 0.5) is 0 Å². The van der Waals surface area contributed by atoms with Crippen molar-refractivity contribution in [3.05, 3.63) is 0 Å².